The summed E-state index contributed by atoms with van der Waals surface area (Å²) in [5, 5.41) is 10.6. The molecule has 44 heavy (non-hydrogen) atoms. The summed E-state index contributed by atoms with van der Waals surface area (Å²) in [5.74, 6) is -6.03. The summed E-state index contributed by atoms with van der Waals surface area (Å²) >= 11 is 0. The molecular formula is C26H36O18. The summed E-state index contributed by atoms with van der Waals surface area (Å²) in [6.45, 7) is 6.11. The minimum atomic E-state index is -1.90. The molecule has 1 N–H and O–H groups in total. The van der Waals surface area contributed by atoms with Gasteiger partial charge in [0.25, 0.3) is 0 Å². The number of aliphatic hydroxyl groups is 1. The van der Waals surface area contributed by atoms with Crippen LogP contribution in [0.15, 0.2) is 0 Å². The molecule has 10 atom stereocenters. The second kappa shape index (κ2) is 16.3. The number of hydrogen-bond acceptors (Lipinski definition) is 18. The summed E-state index contributed by atoms with van der Waals surface area (Å²) in [6, 6.07) is 0. The van der Waals surface area contributed by atoms with Crippen LogP contribution in [0.5, 0.6) is 0 Å². The van der Waals surface area contributed by atoms with Crippen LogP contribution >= 0.6 is 0 Å². The number of hydrogen-bond donors (Lipinski definition) is 1. The van der Waals surface area contributed by atoms with E-state index >= 15 is 0 Å². The molecule has 0 aliphatic carbocycles. The first-order valence-electron chi connectivity index (χ1n) is 13.3. The fraction of sp³-hybridized carbons (Fsp3) is 0.731. The Morgan fingerprint density at radius 3 is 1.27 bits per heavy atom. The van der Waals surface area contributed by atoms with E-state index < -0.39 is 116 Å². The number of aliphatic hydroxyl groups excluding tert-OH is 1. The van der Waals surface area contributed by atoms with Gasteiger partial charge in [0.2, 0.25) is 0 Å². The lowest BCUT2D eigenvalue weighted by Crippen LogP contribution is -2.67. The highest BCUT2D eigenvalue weighted by atomic mass is 16.8. The Bertz CT molecular complexity index is 1090. The van der Waals surface area contributed by atoms with Gasteiger partial charge < -0.3 is 52.5 Å². The Morgan fingerprint density at radius 1 is 0.477 bits per heavy atom. The van der Waals surface area contributed by atoms with E-state index in [-0.39, 0.29) is 0 Å². The van der Waals surface area contributed by atoms with Gasteiger partial charge in [-0.3, -0.25) is 33.6 Å². The maximum Gasteiger partial charge on any atom is 0.303 e. The van der Waals surface area contributed by atoms with Crippen molar-refractivity contribution in [1.82, 2.24) is 0 Å². The van der Waals surface area contributed by atoms with Gasteiger partial charge >= 0.3 is 41.8 Å². The standard InChI is InChI=1S/C26H36O18/c1-10(27)35-8-17-20(21(38-13(4)30)23(25(34)42-17)40-15(6)32)44-26-24(41-16(7)33)22(39-14(5)31)19(37-12(3)29)18(43-26)9-36-11(2)28/h17-26,34H,8-9H2,1-7H3/t17?,18?,19-,20-,21?,22?,23?,24?,25-,26+/m1/s1. The van der Waals surface area contributed by atoms with Crippen LogP contribution in [-0.4, -0.2) is 122 Å². The van der Waals surface area contributed by atoms with Gasteiger partial charge in [-0.1, -0.05) is 0 Å². The Hall–Kier alpha value is -3.87. The van der Waals surface area contributed by atoms with Crippen molar-refractivity contribution in [2.75, 3.05) is 13.2 Å². The average Bonchev–Trinajstić information content (AvgIpc) is 2.87. The van der Waals surface area contributed by atoms with Crippen molar-refractivity contribution in [3.05, 3.63) is 0 Å². The van der Waals surface area contributed by atoms with Crippen LogP contribution in [0.25, 0.3) is 0 Å². The van der Waals surface area contributed by atoms with E-state index in [0.29, 0.717) is 0 Å². The molecule has 18 nitrogen and oxygen atoms in total. The van der Waals surface area contributed by atoms with Crippen molar-refractivity contribution < 1.29 is 86.0 Å². The molecule has 2 aliphatic rings. The van der Waals surface area contributed by atoms with Crippen molar-refractivity contribution in [3.63, 3.8) is 0 Å². The van der Waals surface area contributed by atoms with Crippen LogP contribution in [0.3, 0.4) is 0 Å². The maximum absolute atomic E-state index is 12.2. The third kappa shape index (κ3) is 10.7. The van der Waals surface area contributed by atoms with E-state index in [9.17, 15) is 38.7 Å². The molecule has 0 radical (unpaired) electrons. The lowest BCUT2D eigenvalue weighted by Gasteiger charge is -2.48. The molecule has 0 spiro atoms. The number of carbonyl (C=O) groups excluding carboxylic acids is 7. The van der Waals surface area contributed by atoms with E-state index in [4.69, 9.17) is 47.4 Å². The normalized spacial score (nSPS) is 31.5. The van der Waals surface area contributed by atoms with E-state index in [2.05, 4.69) is 0 Å². The third-order valence-corrected chi connectivity index (χ3v) is 5.90. The van der Waals surface area contributed by atoms with Crippen LogP contribution in [0.2, 0.25) is 0 Å². The Labute approximate surface area is 251 Å². The summed E-state index contributed by atoms with van der Waals surface area (Å²) in [7, 11) is 0. The molecule has 248 valence electrons. The molecule has 2 heterocycles. The van der Waals surface area contributed by atoms with Gasteiger partial charge in [-0.25, -0.2) is 0 Å². The fourth-order valence-electron chi connectivity index (χ4n) is 4.49. The molecule has 0 aromatic heterocycles. The number of carbonyl (C=O) groups is 7. The largest absolute Gasteiger partial charge is 0.463 e. The van der Waals surface area contributed by atoms with Gasteiger partial charge in [0.1, 0.15) is 31.5 Å². The van der Waals surface area contributed by atoms with Crippen LogP contribution in [0, 0.1) is 0 Å². The van der Waals surface area contributed by atoms with Crippen LogP contribution in [0.4, 0.5) is 0 Å². The zero-order chi connectivity index (χ0) is 33.3. The number of esters is 7. The Kier molecular flexibility index (Phi) is 13.4. The highest BCUT2D eigenvalue weighted by molar-refractivity contribution is 5.69. The van der Waals surface area contributed by atoms with E-state index in [1.54, 1.807) is 0 Å². The van der Waals surface area contributed by atoms with Gasteiger partial charge in [-0.15, -0.1) is 0 Å². The third-order valence-electron chi connectivity index (χ3n) is 5.90. The van der Waals surface area contributed by atoms with Crippen molar-refractivity contribution >= 4 is 41.8 Å². The summed E-state index contributed by atoms with van der Waals surface area (Å²) in [6.07, 6.45) is -16.3. The summed E-state index contributed by atoms with van der Waals surface area (Å²) < 4.78 is 54.1. The van der Waals surface area contributed by atoms with Gasteiger partial charge in [-0.05, 0) is 0 Å². The quantitative estimate of drug-likeness (QED) is 0.203. The molecular weight excluding hydrogens is 600 g/mol. The summed E-state index contributed by atoms with van der Waals surface area (Å²) in [5.41, 5.74) is 0. The predicted octanol–water partition coefficient (Wildman–Crippen LogP) is -1.40. The molecule has 2 rings (SSSR count). The monoisotopic (exact) mass is 636 g/mol. The van der Waals surface area contributed by atoms with Gasteiger partial charge in [0.15, 0.2) is 43.1 Å². The van der Waals surface area contributed by atoms with Crippen LogP contribution < -0.4 is 0 Å². The highest BCUT2D eigenvalue weighted by Crippen LogP contribution is 2.34. The topological polar surface area (TPSA) is 232 Å². The molecule has 18 heteroatoms. The molecule has 2 saturated heterocycles. The van der Waals surface area contributed by atoms with Gasteiger partial charge in [0.05, 0.1) is 0 Å². The van der Waals surface area contributed by atoms with E-state index in [1.807, 2.05) is 0 Å². The van der Waals surface area contributed by atoms with E-state index in [1.165, 1.54) is 0 Å². The van der Waals surface area contributed by atoms with Crippen molar-refractivity contribution in [2.45, 2.75) is 110 Å². The zero-order valence-corrected chi connectivity index (χ0v) is 25.1. The van der Waals surface area contributed by atoms with Crippen molar-refractivity contribution in [1.29, 1.82) is 0 Å². The maximum atomic E-state index is 12.2. The van der Waals surface area contributed by atoms with Crippen LogP contribution in [0.1, 0.15) is 48.5 Å². The van der Waals surface area contributed by atoms with Gasteiger partial charge in [0, 0.05) is 48.5 Å². The second-order valence-corrected chi connectivity index (χ2v) is 9.68. The molecule has 0 bridgehead atoms. The first-order valence-corrected chi connectivity index (χ1v) is 13.3. The predicted molar refractivity (Wildman–Crippen MR) is 135 cm³/mol. The SMILES string of the molecule is CC(=O)OCC1O[C@@H](O[C@@H]2C(COC(C)=O)O[C@@H](O)C(OC(C)=O)C2OC(C)=O)C(OC(C)=O)C(OC(C)=O)[C@@H]1OC(C)=O. The van der Waals surface area contributed by atoms with Crippen LogP contribution in [-0.2, 0) is 80.9 Å². The first-order chi connectivity index (χ1) is 20.5. The van der Waals surface area contributed by atoms with Crippen molar-refractivity contribution in [3.8, 4) is 0 Å². The lowest BCUT2D eigenvalue weighted by molar-refractivity contribution is -0.357. The zero-order valence-electron chi connectivity index (χ0n) is 25.1. The smallest absolute Gasteiger partial charge is 0.303 e. The van der Waals surface area contributed by atoms with Gasteiger partial charge in [-0.2, -0.15) is 0 Å². The fourth-order valence-corrected chi connectivity index (χ4v) is 4.49. The molecule has 0 aromatic carbocycles. The molecule has 6 unspecified atom stereocenters. The molecule has 0 amide bonds. The average molecular weight is 637 g/mol. The Morgan fingerprint density at radius 2 is 0.841 bits per heavy atom. The lowest BCUT2D eigenvalue weighted by atomic mass is 9.96. The molecule has 0 saturated carbocycles. The number of ether oxygens (including phenoxy) is 10. The molecule has 0 aromatic rings. The minimum absolute atomic E-state index is 0.572. The van der Waals surface area contributed by atoms with Crippen molar-refractivity contribution in [2.24, 2.45) is 0 Å². The number of rotatable bonds is 11. The highest BCUT2D eigenvalue weighted by Gasteiger charge is 2.57. The minimum Gasteiger partial charge on any atom is -0.463 e. The molecule has 2 fully saturated rings. The molecule has 2 aliphatic heterocycles. The summed E-state index contributed by atoms with van der Waals surface area (Å²) in [4.78, 5) is 83.5. The van der Waals surface area contributed by atoms with E-state index in [0.717, 1.165) is 48.5 Å². The second-order valence-electron chi connectivity index (χ2n) is 9.68. The first kappa shape index (κ1) is 36.3. The Balaban J connectivity index is 2.66.